The van der Waals surface area contributed by atoms with Crippen molar-refractivity contribution in [2.75, 3.05) is 13.1 Å². The first-order chi connectivity index (χ1) is 6.83. The second kappa shape index (κ2) is 2.99. The molecule has 0 bridgehead atoms. The van der Waals surface area contributed by atoms with Gasteiger partial charge >= 0.3 is 0 Å². The Morgan fingerprint density at radius 2 is 2.14 bits per heavy atom. The van der Waals surface area contributed by atoms with E-state index in [2.05, 4.69) is 20.4 Å². The molecule has 14 heavy (non-hydrogen) atoms. The van der Waals surface area contributed by atoms with Gasteiger partial charge < -0.3 is 5.73 Å². The first-order valence-electron chi connectivity index (χ1n) is 5.07. The molecule has 0 atom stereocenters. The topological polar surface area (TPSA) is 72.9 Å². The number of likely N-dealkylation sites (tertiary alicyclic amines) is 1. The van der Waals surface area contributed by atoms with Crippen LogP contribution < -0.4 is 5.73 Å². The van der Waals surface area contributed by atoms with Gasteiger partial charge in [-0.25, -0.2) is 4.68 Å². The van der Waals surface area contributed by atoms with Gasteiger partial charge in [0.1, 0.15) is 0 Å². The highest BCUT2D eigenvalue weighted by atomic mass is 15.6. The third-order valence-electron chi connectivity index (χ3n) is 2.80. The van der Waals surface area contributed by atoms with Gasteiger partial charge in [-0.2, -0.15) is 0 Å². The lowest BCUT2D eigenvalue weighted by molar-refractivity contribution is 0.136. The molecule has 6 nitrogen and oxygen atoms in total. The minimum atomic E-state index is 0.347. The Balaban J connectivity index is 1.67. The number of hydrogen-bond donors (Lipinski definition) is 1. The summed E-state index contributed by atoms with van der Waals surface area (Å²) in [5.41, 5.74) is 5.71. The molecule has 1 aromatic rings. The lowest BCUT2D eigenvalue weighted by Crippen LogP contribution is -2.55. The Kier molecular flexibility index (Phi) is 1.78. The molecule has 2 heterocycles. The Morgan fingerprint density at radius 1 is 1.36 bits per heavy atom. The highest BCUT2D eigenvalue weighted by Gasteiger charge is 2.30. The van der Waals surface area contributed by atoms with Crippen molar-refractivity contribution in [3.8, 4) is 0 Å². The van der Waals surface area contributed by atoms with Crippen LogP contribution in [0.2, 0.25) is 0 Å². The minimum absolute atomic E-state index is 0.347. The molecule has 0 aromatic carbocycles. The van der Waals surface area contributed by atoms with Crippen molar-refractivity contribution >= 4 is 0 Å². The van der Waals surface area contributed by atoms with Gasteiger partial charge in [0.15, 0.2) is 5.82 Å². The van der Waals surface area contributed by atoms with Crippen LogP contribution in [-0.2, 0) is 6.54 Å². The predicted molar refractivity (Wildman–Crippen MR) is 49.3 cm³/mol. The number of tetrazole rings is 1. The van der Waals surface area contributed by atoms with Crippen LogP contribution in [0.25, 0.3) is 0 Å². The van der Waals surface area contributed by atoms with Crippen LogP contribution in [0.15, 0.2) is 0 Å². The van der Waals surface area contributed by atoms with E-state index in [4.69, 9.17) is 5.73 Å². The molecule has 0 radical (unpaired) electrons. The van der Waals surface area contributed by atoms with Crippen molar-refractivity contribution < 1.29 is 0 Å². The zero-order chi connectivity index (χ0) is 9.54. The molecule has 2 N–H and O–H groups in total. The standard InChI is InChI=1S/C8H14N6/c9-6-3-13(4-6)5-8-10-11-12-14(8)7-1-2-7/h6-7H,1-5,9H2. The summed E-state index contributed by atoms with van der Waals surface area (Å²) in [6.45, 7) is 2.78. The summed E-state index contributed by atoms with van der Waals surface area (Å²) < 4.78 is 1.96. The predicted octanol–water partition coefficient (Wildman–Crippen LogP) is -0.849. The Labute approximate surface area is 82.1 Å². The third-order valence-corrected chi connectivity index (χ3v) is 2.80. The number of nitrogens with zero attached hydrogens (tertiary/aromatic N) is 5. The van der Waals surface area contributed by atoms with E-state index in [1.807, 2.05) is 4.68 Å². The largest absolute Gasteiger partial charge is 0.325 e. The molecule has 1 saturated heterocycles. The third kappa shape index (κ3) is 1.40. The van der Waals surface area contributed by atoms with Crippen molar-refractivity contribution in [2.24, 2.45) is 5.73 Å². The highest BCUT2D eigenvalue weighted by molar-refractivity contribution is 4.93. The molecule has 1 aliphatic carbocycles. The van der Waals surface area contributed by atoms with E-state index in [-0.39, 0.29) is 0 Å². The van der Waals surface area contributed by atoms with Crippen molar-refractivity contribution in [3.05, 3.63) is 5.82 Å². The smallest absolute Gasteiger partial charge is 0.165 e. The molecule has 0 unspecified atom stereocenters. The number of nitrogens with two attached hydrogens (primary N) is 1. The number of hydrogen-bond acceptors (Lipinski definition) is 5. The van der Waals surface area contributed by atoms with Crippen LogP contribution in [0, 0.1) is 0 Å². The lowest BCUT2D eigenvalue weighted by Gasteiger charge is -2.36. The first kappa shape index (κ1) is 8.31. The minimum Gasteiger partial charge on any atom is -0.325 e. The maximum atomic E-state index is 5.71. The van der Waals surface area contributed by atoms with Gasteiger partial charge in [0.05, 0.1) is 12.6 Å². The maximum absolute atomic E-state index is 5.71. The summed E-state index contributed by atoms with van der Waals surface area (Å²) in [6.07, 6.45) is 2.44. The van der Waals surface area contributed by atoms with Crippen LogP contribution in [0.4, 0.5) is 0 Å². The van der Waals surface area contributed by atoms with Gasteiger partial charge in [-0.3, -0.25) is 4.90 Å². The molecule has 1 saturated carbocycles. The van der Waals surface area contributed by atoms with Gasteiger partial charge in [-0.05, 0) is 23.3 Å². The second-order valence-corrected chi connectivity index (χ2v) is 4.23. The van der Waals surface area contributed by atoms with Crippen LogP contribution in [0.3, 0.4) is 0 Å². The number of rotatable bonds is 3. The quantitative estimate of drug-likeness (QED) is 0.678. The van der Waals surface area contributed by atoms with Crippen LogP contribution in [0.1, 0.15) is 24.7 Å². The van der Waals surface area contributed by atoms with Gasteiger partial charge in [0.25, 0.3) is 0 Å². The van der Waals surface area contributed by atoms with E-state index in [1.165, 1.54) is 12.8 Å². The molecule has 2 aliphatic rings. The highest BCUT2D eigenvalue weighted by Crippen LogP contribution is 2.34. The molecule has 1 aliphatic heterocycles. The average Bonchev–Trinajstić information content (AvgIpc) is 2.85. The molecule has 0 amide bonds. The van der Waals surface area contributed by atoms with Gasteiger partial charge in [-0.1, -0.05) is 0 Å². The summed E-state index contributed by atoms with van der Waals surface area (Å²) in [4.78, 5) is 2.27. The lowest BCUT2D eigenvalue weighted by atomic mass is 10.1. The summed E-state index contributed by atoms with van der Waals surface area (Å²) in [5, 5.41) is 11.8. The zero-order valence-electron chi connectivity index (χ0n) is 8.00. The van der Waals surface area contributed by atoms with Crippen LogP contribution in [0.5, 0.6) is 0 Å². The van der Waals surface area contributed by atoms with E-state index < -0.39 is 0 Å². The molecule has 6 heteroatoms. The van der Waals surface area contributed by atoms with Crippen molar-refractivity contribution in [1.82, 2.24) is 25.1 Å². The molecule has 1 aromatic heterocycles. The summed E-state index contributed by atoms with van der Waals surface area (Å²) >= 11 is 0. The summed E-state index contributed by atoms with van der Waals surface area (Å²) in [5.74, 6) is 0.986. The fourth-order valence-electron chi connectivity index (χ4n) is 1.86. The molecule has 0 spiro atoms. The zero-order valence-corrected chi connectivity index (χ0v) is 8.00. The Bertz CT molecular complexity index is 324. The number of aromatic nitrogens is 4. The molecule has 2 fully saturated rings. The summed E-state index contributed by atoms with van der Waals surface area (Å²) in [7, 11) is 0. The van der Waals surface area contributed by atoms with E-state index in [0.29, 0.717) is 12.1 Å². The maximum Gasteiger partial charge on any atom is 0.165 e. The Morgan fingerprint density at radius 3 is 2.79 bits per heavy atom. The Hall–Kier alpha value is -1.01. The normalized spacial score (nSPS) is 23.8. The van der Waals surface area contributed by atoms with Gasteiger partial charge in [0, 0.05) is 19.1 Å². The molecule has 76 valence electrons. The SMILES string of the molecule is NC1CN(Cc2nnnn2C2CC2)C1. The molecule has 3 rings (SSSR count). The van der Waals surface area contributed by atoms with Crippen LogP contribution in [-0.4, -0.2) is 44.2 Å². The van der Waals surface area contributed by atoms with E-state index >= 15 is 0 Å². The van der Waals surface area contributed by atoms with Crippen molar-refractivity contribution in [1.29, 1.82) is 0 Å². The first-order valence-corrected chi connectivity index (χ1v) is 5.07. The van der Waals surface area contributed by atoms with Gasteiger partial charge in [-0.15, -0.1) is 5.10 Å². The van der Waals surface area contributed by atoms with Crippen molar-refractivity contribution in [2.45, 2.75) is 31.5 Å². The monoisotopic (exact) mass is 194 g/mol. The van der Waals surface area contributed by atoms with Crippen LogP contribution >= 0.6 is 0 Å². The van der Waals surface area contributed by atoms with Crippen molar-refractivity contribution in [3.63, 3.8) is 0 Å². The second-order valence-electron chi connectivity index (χ2n) is 4.23. The molecular formula is C8H14N6. The van der Waals surface area contributed by atoms with E-state index in [1.54, 1.807) is 0 Å². The fraction of sp³-hybridized carbons (Fsp3) is 0.875. The average molecular weight is 194 g/mol. The van der Waals surface area contributed by atoms with Gasteiger partial charge in [0.2, 0.25) is 0 Å². The fourth-order valence-corrected chi connectivity index (χ4v) is 1.86. The van der Waals surface area contributed by atoms with E-state index in [9.17, 15) is 0 Å². The van der Waals surface area contributed by atoms with E-state index in [0.717, 1.165) is 25.5 Å². The molecular weight excluding hydrogens is 180 g/mol. The summed E-state index contributed by atoms with van der Waals surface area (Å²) in [6, 6.07) is 0.912.